The van der Waals surface area contributed by atoms with Gasteiger partial charge in [-0.15, -0.1) is 11.8 Å². The normalized spacial score (nSPS) is 24.8. The first kappa shape index (κ1) is 16.9. The van der Waals surface area contributed by atoms with Crippen molar-refractivity contribution < 1.29 is 9.57 Å². The van der Waals surface area contributed by atoms with Gasteiger partial charge in [0.05, 0.1) is 12.0 Å². The molecular weight excluding hydrogens is 318 g/mol. The molecule has 1 heterocycles. The molecule has 0 N–H and O–H groups in total. The molecule has 0 saturated carbocycles. The summed E-state index contributed by atoms with van der Waals surface area (Å²) in [5.41, 5.74) is 1.19. The van der Waals surface area contributed by atoms with Gasteiger partial charge < -0.3 is 9.57 Å². The van der Waals surface area contributed by atoms with E-state index in [1.807, 2.05) is 17.8 Å². The fourth-order valence-corrected chi connectivity index (χ4v) is 4.20. The number of hydrogen-bond donors (Lipinski definition) is 0. The Morgan fingerprint density at radius 3 is 2.46 bits per heavy atom. The Morgan fingerprint density at radius 2 is 1.79 bits per heavy atom. The molecule has 24 heavy (non-hydrogen) atoms. The molecular formula is C20H23NO2S. The van der Waals surface area contributed by atoms with Gasteiger partial charge in [-0.25, -0.2) is 0 Å². The summed E-state index contributed by atoms with van der Waals surface area (Å²) in [6.45, 7) is 2.92. The van der Waals surface area contributed by atoms with Crippen LogP contribution in [0.3, 0.4) is 0 Å². The lowest BCUT2D eigenvalue weighted by molar-refractivity contribution is 0.194. The number of hydrogen-bond acceptors (Lipinski definition) is 4. The third-order valence-electron chi connectivity index (χ3n) is 4.59. The molecule has 3 rings (SSSR count). The molecule has 1 aliphatic heterocycles. The van der Waals surface area contributed by atoms with Crippen molar-refractivity contribution in [2.24, 2.45) is 16.5 Å². The maximum atomic E-state index is 5.89. The van der Waals surface area contributed by atoms with Gasteiger partial charge in [0, 0.05) is 16.6 Å². The quantitative estimate of drug-likeness (QED) is 0.567. The van der Waals surface area contributed by atoms with E-state index in [0.717, 1.165) is 18.1 Å². The van der Waals surface area contributed by atoms with Crippen LogP contribution in [0.1, 0.15) is 12.5 Å². The van der Waals surface area contributed by atoms with E-state index in [1.165, 1.54) is 10.5 Å². The first-order chi connectivity index (χ1) is 11.7. The highest BCUT2D eigenvalue weighted by atomic mass is 32.2. The molecule has 1 aliphatic rings. The topological polar surface area (TPSA) is 30.8 Å². The zero-order chi connectivity index (χ0) is 16.8. The fraction of sp³-hybridized carbons (Fsp3) is 0.350. The van der Waals surface area contributed by atoms with E-state index in [4.69, 9.17) is 9.57 Å². The summed E-state index contributed by atoms with van der Waals surface area (Å²) in [6, 6.07) is 21.1. The van der Waals surface area contributed by atoms with Crippen molar-refractivity contribution in [1.29, 1.82) is 0 Å². The van der Waals surface area contributed by atoms with Crippen LogP contribution in [-0.2, 0) is 16.0 Å². The van der Waals surface area contributed by atoms with Crippen molar-refractivity contribution in [2.75, 3.05) is 19.5 Å². The summed E-state index contributed by atoms with van der Waals surface area (Å²) in [6.07, 6.45) is 0.982. The number of thioether (sulfide) groups is 1. The van der Waals surface area contributed by atoms with Crippen molar-refractivity contribution in [1.82, 2.24) is 0 Å². The van der Waals surface area contributed by atoms with Crippen molar-refractivity contribution in [3.05, 3.63) is 66.2 Å². The molecule has 2 aromatic carbocycles. The van der Waals surface area contributed by atoms with E-state index in [2.05, 4.69) is 66.7 Å². The summed E-state index contributed by atoms with van der Waals surface area (Å²) in [4.78, 5) is 6.29. The average molecular weight is 341 g/mol. The maximum absolute atomic E-state index is 5.89. The van der Waals surface area contributed by atoms with E-state index in [9.17, 15) is 0 Å². The van der Waals surface area contributed by atoms with Gasteiger partial charge in [-0.1, -0.05) is 53.7 Å². The predicted molar refractivity (Wildman–Crippen MR) is 99.3 cm³/mol. The molecule has 1 saturated heterocycles. The molecule has 2 aromatic rings. The van der Waals surface area contributed by atoms with E-state index < -0.39 is 0 Å². The lowest BCUT2D eigenvalue weighted by Crippen LogP contribution is -2.34. The van der Waals surface area contributed by atoms with Gasteiger partial charge in [-0.3, -0.25) is 0 Å². The molecule has 0 aromatic heterocycles. The Hall–Kier alpha value is -1.94. The molecule has 0 bridgehead atoms. The second kappa shape index (κ2) is 7.75. The van der Waals surface area contributed by atoms with Crippen molar-refractivity contribution >= 4 is 17.7 Å². The third-order valence-corrected chi connectivity index (χ3v) is 5.94. The number of benzene rings is 2. The SMILES string of the molecule is CO/N=C1\OC[C@@H](Cc2ccccc2)[C@@]1(C)CSc1ccccc1. The van der Waals surface area contributed by atoms with Crippen LogP contribution in [0.25, 0.3) is 0 Å². The molecule has 0 spiro atoms. The van der Waals surface area contributed by atoms with Crippen molar-refractivity contribution in [3.8, 4) is 0 Å². The van der Waals surface area contributed by atoms with Crippen LogP contribution in [0.4, 0.5) is 0 Å². The van der Waals surface area contributed by atoms with Crippen molar-refractivity contribution in [2.45, 2.75) is 18.2 Å². The molecule has 2 atom stereocenters. The smallest absolute Gasteiger partial charge is 0.232 e. The first-order valence-electron chi connectivity index (χ1n) is 8.18. The Morgan fingerprint density at radius 1 is 1.12 bits per heavy atom. The number of nitrogens with zero attached hydrogens (tertiary/aromatic N) is 1. The van der Waals surface area contributed by atoms with Gasteiger partial charge in [0.25, 0.3) is 0 Å². The molecule has 0 aliphatic carbocycles. The minimum absolute atomic E-state index is 0.146. The fourth-order valence-electron chi connectivity index (χ4n) is 3.03. The second-order valence-corrected chi connectivity index (χ2v) is 7.34. The third kappa shape index (κ3) is 3.75. The van der Waals surface area contributed by atoms with Crippen LogP contribution in [0.15, 0.2) is 70.7 Å². The summed E-state index contributed by atoms with van der Waals surface area (Å²) in [5, 5.41) is 4.16. The number of rotatable bonds is 6. The van der Waals surface area contributed by atoms with Crippen LogP contribution < -0.4 is 0 Å². The highest BCUT2D eigenvalue weighted by Gasteiger charge is 2.47. The summed E-state index contributed by atoms with van der Waals surface area (Å²) >= 11 is 1.84. The Bertz CT molecular complexity index is 675. The summed E-state index contributed by atoms with van der Waals surface area (Å²) in [5.74, 6) is 2.01. The van der Waals surface area contributed by atoms with Gasteiger partial charge in [0.1, 0.15) is 7.11 Å². The summed E-state index contributed by atoms with van der Waals surface area (Å²) < 4.78 is 5.89. The maximum Gasteiger partial charge on any atom is 0.232 e. The van der Waals surface area contributed by atoms with E-state index in [0.29, 0.717) is 12.5 Å². The van der Waals surface area contributed by atoms with Gasteiger partial charge >= 0.3 is 0 Å². The van der Waals surface area contributed by atoms with Crippen LogP contribution in [-0.4, -0.2) is 25.4 Å². The van der Waals surface area contributed by atoms with E-state index >= 15 is 0 Å². The monoisotopic (exact) mass is 341 g/mol. The van der Waals surface area contributed by atoms with E-state index in [1.54, 1.807) is 7.11 Å². The predicted octanol–water partition coefficient (Wildman–Crippen LogP) is 4.63. The number of ether oxygens (including phenoxy) is 1. The van der Waals surface area contributed by atoms with Gasteiger partial charge in [-0.2, -0.15) is 0 Å². The molecule has 4 heteroatoms. The average Bonchev–Trinajstić information content (AvgIpc) is 2.92. The number of oxime groups is 1. The molecule has 0 unspecified atom stereocenters. The lowest BCUT2D eigenvalue weighted by atomic mass is 9.77. The zero-order valence-electron chi connectivity index (χ0n) is 14.1. The molecule has 0 radical (unpaired) electrons. The van der Waals surface area contributed by atoms with Gasteiger partial charge in [0.15, 0.2) is 0 Å². The second-order valence-electron chi connectivity index (χ2n) is 6.30. The van der Waals surface area contributed by atoms with Crippen LogP contribution in [0, 0.1) is 11.3 Å². The molecule has 0 amide bonds. The minimum Gasteiger partial charge on any atom is -0.478 e. The Balaban J connectivity index is 1.78. The minimum atomic E-state index is -0.146. The molecule has 3 nitrogen and oxygen atoms in total. The molecule has 126 valence electrons. The van der Waals surface area contributed by atoms with Crippen LogP contribution >= 0.6 is 11.8 Å². The van der Waals surface area contributed by atoms with Crippen LogP contribution in [0.2, 0.25) is 0 Å². The Labute approximate surface area is 148 Å². The van der Waals surface area contributed by atoms with Crippen molar-refractivity contribution in [3.63, 3.8) is 0 Å². The van der Waals surface area contributed by atoms with Gasteiger partial charge in [0.2, 0.25) is 5.90 Å². The van der Waals surface area contributed by atoms with Crippen LogP contribution in [0.5, 0.6) is 0 Å². The standard InChI is InChI=1S/C20H23NO2S/c1-20(15-24-18-11-7-4-8-12-18)17(14-23-19(20)21-22-2)13-16-9-5-3-6-10-16/h3-12,17H,13-15H2,1-2H3/b21-19-/t17-,20-/m1/s1. The molecule has 1 fully saturated rings. The first-order valence-corrected chi connectivity index (χ1v) is 9.17. The Kier molecular flexibility index (Phi) is 5.46. The largest absolute Gasteiger partial charge is 0.478 e. The highest BCUT2D eigenvalue weighted by molar-refractivity contribution is 7.99. The van der Waals surface area contributed by atoms with Gasteiger partial charge in [-0.05, 0) is 31.0 Å². The summed E-state index contributed by atoms with van der Waals surface area (Å²) in [7, 11) is 1.58. The highest BCUT2D eigenvalue weighted by Crippen LogP contribution is 2.42. The zero-order valence-corrected chi connectivity index (χ0v) is 15.0. The van der Waals surface area contributed by atoms with E-state index in [-0.39, 0.29) is 5.41 Å². The lowest BCUT2D eigenvalue weighted by Gasteiger charge is -2.28.